The molecule has 1 rings (SSSR count). The summed E-state index contributed by atoms with van der Waals surface area (Å²) in [5, 5.41) is 9.49. The van der Waals surface area contributed by atoms with Gasteiger partial charge in [-0.3, -0.25) is 4.79 Å². The van der Waals surface area contributed by atoms with Gasteiger partial charge in [-0.2, -0.15) is 0 Å². The van der Waals surface area contributed by atoms with Gasteiger partial charge in [-0.25, -0.2) is 0 Å². The van der Waals surface area contributed by atoms with Crippen molar-refractivity contribution in [1.29, 1.82) is 0 Å². The quantitative estimate of drug-likeness (QED) is 0.772. The van der Waals surface area contributed by atoms with E-state index in [2.05, 4.69) is 0 Å². The van der Waals surface area contributed by atoms with Crippen molar-refractivity contribution >= 4 is 29.2 Å². The first-order valence-electron chi connectivity index (χ1n) is 4.59. The Kier molecular flexibility index (Phi) is 4.56. The van der Waals surface area contributed by atoms with E-state index in [4.69, 9.17) is 39.8 Å². The highest BCUT2D eigenvalue weighted by Gasteiger charge is 2.20. The van der Waals surface area contributed by atoms with Gasteiger partial charge in [0.15, 0.2) is 0 Å². The maximum absolute atomic E-state index is 10.5. The molecule has 0 aliphatic carbocycles. The maximum Gasteiger partial charge on any atom is 0.304 e. The molecule has 0 amide bonds. The Morgan fingerprint density at radius 1 is 1.38 bits per heavy atom. The lowest BCUT2D eigenvalue weighted by atomic mass is 9.98. The number of carboxylic acid groups (broad SMARTS) is 1. The summed E-state index contributed by atoms with van der Waals surface area (Å²) in [4.78, 5) is 10.5. The van der Waals surface area contributed by atoms with Crippen molar-refractivity contribution in [3.05, 3.63) is 33.8 Å². The molecule has 0 radical (unpaired) electrons. The van der Waals surface area contributed by atoms with Gasteiger partial charge >= 0.3 is 5.97 Å². The van der Waals surface area contributed by atoms with Gasteiger partial charge in [0, 0.05) is 22.1 Å². The first-order valence-corrected chi connectivity index (χ1v) is 5.35. The molecule has 0 saturated heterocycles. The topological polar surface area (TPSA) is 89.3 Å². The average molecular weight is 263 g/mol. The van der Waals surface area contributed by atoms with Crippen LogP contribution in [-0.2, 0) is 4.79 Å². The second kappa shape index (κ2) is 5.50. The lowest BCUT2D eigenvalue weighted by Crippen LogP contribution is -2.36. The molecule has 16 heavy (non-hydrogen) atoms. The number of nitrogens with two attached hydrogens (primary N) is 2. The molecule has 0 saturated carbocycles. The first-order chi connectivity index (χ1) is 7.41. The van der Waals surface area contributed by atoms with Crippen molar-refractivity contribution in [3.8, 4) is 0 Å². The minimum Gasteiger partial charge on any atom is -0.481 e. The van der Waals surface area contributed by atoms with Crippen LogP contribution >= 0.6 is 23.2 Å². The van der Waals surface area contributed by atoms with Crippen LogP contribution in [0.2, 0.25) is 10.0 Å². The SMILES string of the molecule is NC(CC(=O)O)C(N)c1ccc(Cl)cc1Cl. The van der Waals surface area contributed by atoms with E-state index in [-0.39, 0.29) is 6.42 Å². The predicted octanol–water partition coefficient (Wildman–Crippen LogP) is 1.80. The van der Waals surface area contributed by atoms with Crippen molar-refractivity contribution in [2.75, 3.05) is 0 Å². The highest BCUT2D eigenvalue weighted by atomic mass is 35.5. The summed E-state index contributed by atoms with van der Waals surface area (Å²) >= 11 is 11.7. The molecule has 6 heteroatoms. The Morgan fingerprint density at radius 2 is 2.00 bits per heavy atom. The van der Waals surface area contributed by atoms with Gasteiger partial charge in [-0.15, -0.1) is 0 Å². The zero-order valence-corrected chi connectivity index (χ0v) is 9.87. The second-order valence-corrected chi connectivity index (χ2v) is 4.30. The van der Waals surface area contributed by atoms with Crippen molar-refractivity contribution in [2.45, 2.75) is 18.5 Å². The fraction of sp³-hybridized carbons (Fsp3) is 0.300. The van der Waals surface area contributed by atoms with Crippen LogP contribution in [0.4, 0.5) is 0 Å². The van der Waals surface area contributed by atoms with E-state index >= 15 is 0 Å². The molecule has 4 nitrogen and oxygen atoms in total. The van der Waals surface area contributed by atoms with Crippen LogP contribution in [0.25, 0.3) is 0 Å². The Bertz CT molecular complexity index is 398. The number of hydrogen-bond donors (Lipinski definition) is 3. The minimum atomic E-state index is -0.993. The summed E-state index contributed by atoms with van der Waals surface area (Å²) < 4.78 is 0. The van der Waals surface area contributed by atoms with Crippen molar-refractivity contribution in [1.82, 2.24) is 0 Å². The molecule has 2 unspecified atom stereocenters. The molecule has 0 heterocycles. The van der Waals surface area contributed by atoms with Crippen LogP contribution in [0.5, 0.6) is 0 Å². The fourth-order valence-corrected chi connectivity index (χ4v) is 1.87. The normalized spacial score (nSPS) is 14.5. The molecule has 1 aromatic rings. The van der Waals surface area contributed by atoms with Gasteiger partial charge in [0.25, 0.3) is 0 Å². The van der Waals surface area contributed by atoms with Crippen LogP contribution in [0, 0.1) is 0 Å². The van der Waals surface area contributed by atoms with E-state index in [0.717, 1.165) is 0 Å². The number of aliphatic carboxylic acids is 1. The largest absolute Gasteiger partial charge is 0.481 e. The van der Waals surface area contributed by atoms with Crippen LogP contribution in [-0.4, -0.2) is 17.1 Å². The average Bonchev–Trinajstić information content (AvgIpc) is 2.15. The Hall–Kier alpha value is -0.810. The van der Waals surface area contributed by atoms with Crippen molar-refractivity contribution < 1.29 is 9.90 Å². The smallest absolute Gasteiger partial charge is 0.304 e. The highest BCUT2D eigenvalue weighted by molar-refractivity contribution is 6.35. The summed E-state index contributed by atoms with van der Waals surface area (Å²) in [6.07, 6.45) is -0.208. The summed E-state index contributed by atoms with van der Waals surface area (Å²) in [5.74, 6) is -0.993. The summed E-state index contributed by atoms with van der Waals surface area (Å²) in [7, 11) is 0. The maximum atomic E-state index is 10.5. The summed E-state index contributed by atoms with van der Waals surface area (Å²) in [5.41, 5.74) is 12.1. The molecule has 0 aromatic heterocycles. The van der Waals surface area contributed by atoms with E-state index in [1.807, 2.05) is 0 Å². The lowest BCUT2D eigenvalue weighted by Gasteiger charge is -2.19. The standard InChI is InChI=1S/C10H12Cl2N2O2/c11-5-1-2-6(7(12)3-5)10(14)8(13)4-9(15)16/h1-3,8,10H,4,13-14H2,(H,15,16). The third-order valence-electron chi connectivity index (χ3n) is 2.19. The first kappa shape index (κ1) is 13.3. The monoisotopic (exact) mass is 262 g/mol. The Morgan fingerprint density at radius 3 is 2.50 bits per heavy atom. The molecular weight excluding hydrogens is 251 g/mol. The zero-order chi connectivity index (χ0) is 12.3. The Labute approximate surface area is 103 Å². The summed E-state index contributed by atoms with van der Waals surface area (Å²) in [6.45, 7) is 0. The Balaban J connectivity index is 2.87. The number of carbonyl (C=O) groups is 1. The van der Waals surface area contributed by atoms with E-state index in [1.54, 1.807) is 18.2 Å². The van der Waals surface area contributed by atoms with Gasteiger partial charge < -0.3 is 16.6 Å². The van der Waals surface area contributed by atoms with E-state index in [1.165, 1.54) is 0 Å². The van der Waals surface area contributed by atoms with Crippen LogP contribution < -0.4 is 11.5 Å². The van der Waals surface area contributed by atoms with E-state index < -0.39 is 18.1 Å². The van der Waals surface area contributed by atoms with Gasteiger partial charge in [0.1, 0.15) is 0 Å². The predicted molar refractivity (Wildman–Crippen MR) is 63.6 cm³/mol. The van der Waals surface area contributed by atoms with Gasteiger partial charge in [-0.05, 0) is 17.7 Å². The van der Waals surface area contributed by atoms with E-state index in [0.29, 0.717) is 15.6 Å². The van der Waals surface area contributed by atoms with Gasteiger partial charge in [0.05, 0.1) is 6.42 Å². The number of hydrogen-bond acceptors (Lipinski definition) is 3. The number of rotatable bonds is 4. The van der Waals surface area contributed by atoms with Crippen molar-refractivity contribution in [3.63, 3.8) is 0 Å². The van der Waals surface area contributed by atoms with Gasteiger partial charge in [0.2, 0.25) is 0 Å². The molecule has 0 fully saturated rings. The second-order valence-electron chi connectivity index (χ2n) is 3.45. The third kappa shape index (κ3) is 3.35. The third-order valence-corrected chi connectivity index (χ3v) is 2.76. The molecule has 2 atom stereocenters. The van der Waals surface area contributed by atoms with E-state index in [9.17, 15) is 4.79 Å². The fourth-order valence-electron chi connectivity index (χ4n) is 1.33. The van der Waals surface area contributed by atoms with Crippen LogP contribution in [0.1, 0.15) is 18.0 Å². The minimum absolute atomic E-state index is 0.208. The zero-order valence-electron chi connectivity index (χ0n) is 8.36. The molecule has 0 aliphatic heterocycles. The molecule has 5 N–H and O–H groups in total. The number of benzene rings is 1. The lowest BCUT2D eigenvalue weighted by molar-refractivity contribution is -0.137. The highest BCUT2D eigenvalue weighted by Crippen LogP contribution is 2.26. The van der Waals surface area contributed by atoms with Gasteiger partial charge in [-0.1, -0.05) is 29.3 Å². The number of halogens is 2. The van der Waals surface area contributed by atoms with Crippen molar-refractivity contribution in [2.24, 2.45) is 11.5 Å². The molecule has 0 bridgehead atoms. The van der Waals surface area contributed by atoms with Crippen LogP contribution in [0.15, 0.2) is 18.2 Å². The molecule has 0 spiro atoms. The summed E-state index contributed by atoms with van der Waals surface area (Å²) in [6, 6.07) is 3.52. The molecule has 1 aromatic carbocycles. The number of carboxylic acids is 1. The molecule has 0 aliphatic rings. The van der Waals surface area contributed by atoms with Crippen LogP contribution in [0.3, 0.4) is 0 Å². The molecular formula is C10H12Cl2N2O2. The molecule has 88 valence electrons.